The maximum atomic E-state index is 12.8. The smallest absolute Gasteiger partial charge is 0.268 e. The number of aromatic nitrogens is 2. The normalized spacial score (nSPS) is 24.6. The summed E-state index contributed by atoms with van der Waals surface area (Å²) in [5.41, 5.74) is 1.23. The van der Waals surface area contributed by atoms with Gasteiger partial charge in [-0.15, -0.1) is 0 Å². The fraction of sp³-hybridized carbons (Fsp3) is 0.750. The molecule has 110 valence electrons. The van der Waals surface area contributed by atoms with Crippen molar-refractivity contribution in [2.24, 2.45) is 0 Å². The summed E-state index contributed by atoms with van der Waals surface area (Å²) in [6.07, 6.45) is 8.83. The van der Waals surface area contributed by atoms with Crippen molar-refractivity contribution in [2.75, 3.05) is 0 Å². The summed E-state index contributed by atoms with van der Waals surface area (Å²) in [5.74, 6) is 0. The summed E-state index contributed by atoms with van der Waals surface area (Å²) in [4.78, 5) is 0. The molecule has 0 amide bonds. The second-order valence-corrected chi connectivity index (χ2v) is 11.8. The Labute approximate surface area is 123 Å². The van der Waals surface area contributed by atoms with Crippen LogP contribution >= 0.6 is 17.5 Å². The van der Waals surface area contributed by atoms with Gasteiger partial charge < -0.3 is 0 Å². The van der Waals surface area contributed by atoms with Crippen molar-refractivity contribution in [3.8, 4) is 0 Å². The Bertz CT molecular complexity index is 592. The van der Waals surface area contributed by atoms with E-state index in [9.17, 15) is 8.42 Å². The van der Waals surface area contributed by atoms with Gasteiger partial charge in [0.2, 0.25) is 0 Å². The first kappa shape index (κ1) is 13.6. The van der Waals surface area contributed by atoms with Crippen LogP contribution in [0.25, 0.3) is 0 Å². The highest BCUT2D eigenvalue weighted by atomic mass is 32.2. The predicted octanol–water partition coefficient (Wildman–Crippen LogP) is 2.72. The van der Waals surface area contributed by atoms with Crippen molar-refractivity contribution in [1.82, 2.24) is 13.6 Å². The lowest BCUT2D eigenvalue weighted by molar-refractivity contribution is 0.565. The molecule has 0 saturated heterocycles. The van der Waals surface area contributed by atoms with Crippen LogP contribution in [-0.4, -0.2) is 33.4 Å². The molecule has 0 N–H and O–H groups in total. The zero-order chi connectivity index (χ0) is 13.7. The molecule has 20 heavy (non-hydrogen) atoms. The van der Waals surface area contributed by atoms with Gasteiger partial charge in [-0.3, -0.25) is 4.68 Å². The molecule has 1 aromatic rings. The van der Waals surface area contributed by atoms with Crippen LogP contribution in [0, 0.1) is 0 Å². The van der Waals surface area contributed by atoms with Crippen molar-refractivity contribution < 1.29 is 8.42 Å². The van der Waals surface area contributed by atoms with Gasteiger partial charge in [0.05, 0.1) is 6.04 Å². The molecule has 0 spiro atoms. The molecule has 1 aromatic heterocycles. The molecule has 3 saturated carbocycles. The van der Waals surface area contributed by atoms with Gasteiger partial charge in [-0.05, 0) is 73.4 Å². The summed E-state index contributed by atoms with van der Waals surface area (Å²) < 4.78 is 29.1. The van der Waals surface area contributed by atoms with E-state index in [-0.39, 0.29) is 5.03 Å². The first-order valence-electron chi connectivity index (χ1n) is 7.26. The van der Waals surface area contributed by atoms with Gasteiger partial charge >= 0.3 is 0 Å². The summed E-state index contributed by atoms with van der Waals surface area (Å²) in [6.45, 7) is 0. The van der Waals surface area contributed by atoms with E-state index in [0.29, 0.717) is 34.8 Å². The molecule has 3 fully saturated rings. The molecule has 0 aliphatic heterocycles. The van der Waals surface area contributed by atoms with Crippen LogP contribution < -0.4 is 0 Å². The second kappa shape index (κ2) is 5.01. The third-order valence-corrected chi connectivity index (χ3v) is 10.2. The first-order valence-corrected chi connectivity index (χ1v) is 10.7. The number of nitrogens with zero attached hydrogens (tertiary/aromatic N) is 3. The van der Waals surface area contributed by atoms with E-state index in [1.54, 1.807) is 9.91 Å². The Morgan fingerprint density at radius 3 is 2.20 bits per heavy atom. The van der Waals surface area contributed by atoms with E-state index in [2.05, 4.69) is 5.10 Å². The highest BCUT2D eigenvalue weighted by Gasteiger charge is 2.37. The van der Waals surface area contributed by atoms with Crippen LogP contribution in [0.2, 0.25) is 0 Å². The average molecular weight is 331 g/mol. The molecule has 1 heterocycles. The fourth-order valence-electron chi connectivity index (χ4n) is 2.03. The molecule has 4 rings (SSSR count). The zero-order valence-electron chi connectivity index (χ0n) is 11.2. The molecule has 2 unspecified atom stereocenters. The molecule has 2 atom stereocenters. The van der Waals surface area contributed by atoms with Gasteiger partial charge in [0.25, 0.3) is 10.0 Å². The number of rotatable bonds is 7. The largest absolute Gasteiger partial charge is 0.268 e. The van der Waals surface area contributed by atoms with Gasteiger partial charge in [0, 0.05) is 6.20 Å². The third kappa shape index (κ3) is 2.94. The van der Waals surface area contributed by atoms with Crippen molar-refractivity contribution in [1.29, 1.82) is 0 Å². The van der Waals surface area contributed by atoms with Crippen LogP contribution in [0.15, 0.2) is 17.3 Å². The number of hydrogen-bond donors (Lipinski definition) is 0. The minimum Gasteiger partial charge on any atom is -0.268 e. The topological polar surface area (TPSA) is 55.2 Å². The van der Waals surface area contributed by atoms with Gasteiger partial charge in [0.1, 0.15) is 0 Å². The molecule has 0 aromatic carbocycles. The summed E-state index contributed by atoms with van der Waals surface area (Å²) >= 11 is 0. The second-order valence-electron chi connectivity index (χ2n) is 5.94. The van der Waals surface area contributed by atoms with E-state index < -0.39 is 10.0 Å². The van der Waals surface area contributed by atoms with Crippen molar-refractivity contribution in [2.45, 2.75) is 60.9 Å². The van der Waals surface area contributed by atoms with Crippen LogP contribution in [0.3, 0.4) is 0 Å². The molecular formula is C12H19N3O2P2S. The van der Waals surface area contributed by atoms with Crippen molar-refractivity contribution >= 4 is 27.5 Å². The van der Waals surface area contributed by atoms with E-state index in [1.807, 2.05) is 10.9 Å². The lowest BCUT2D eigenvalue weighted by atomic mass is 10.7. The highest BCUT2D eigenvalue weighted by molar-refractivity contribution is 7.97. The van der Waals surface area contributed by atoms with Gasteiger partial charge in [-0.25, -0.2) is 8.42 Å². The van der Waals surface area contributed by atoms with Crippen molar-refractivity contribution in [3.05, 3.63) is 12.3 Å². The molecule has 3 aliphatic rings. The highest BCUT2D eigenvalue weighted by Crippen LogP contribution is 2.54. The van der Waals surface area contributed by atoms with Crippen LogP contribution in [0.4, 0.5) is 0 Å². The molecule has 8 heteroatoms. The Morgan fingerprint density at radius 1 is 1.10 bits per heavy atom. The zero-order valence-corrected chi connectivity index (χ0v) is 14.0. The summed E-state index contributed by atoms with van der Waals surface area (Å²) in [5, 5.41) is 4.57. The number of sulfonamides is 1. The molecule has 0 radical (unpaired) electrons. The van der Waals surface area contributed by atoms with E-state index in [1.165, 1.54) is 25.7 Å². The van der Waals surface area contributed by atoms with Crippen LogP contribution in [0.5, 0.6) is 0 Å². The third-order valence-electron chi connectivity index (χ3n) is 3.76. The molecule has 0 bridgehead atoms. The fourth-order valence-corrected chi connectivity index (χ4v) is 8.12. The predicted molar refractivity (Wildman–Crippen MR) is 82.2 cm³/mol. The van der Waals surface area contributed by atoms with Crippen LogP contribution in [-0.2, 0) is 10.0 Å². The Kier molecular flexibility index (Phi) is 3.42. The van der Waals surface area contributed by atoms with E-state index in [4.69, 9.17) is 0 Å². The lowest BCUT2D eigenvalue weighted by Crippen LogP contribution is -2.18. The standard InChI is InChI=1S/C12H19N3O2P2S/c16-20(17,12-7-8-14(13-12)9-1-2-9)15(18-10-3-4-10)19-11-5-6-11/h7-11,18-19H,1-6H2. The minimum absolute atomic E-state index is 0.255. The lowest BCUT2D eigenvalue weighted by Gasteiger charge is -2.20. The number of hydrogen-bond acceptors (Lipinski definition) is 3. The maximum absolute atomic E-state index is 12.8. The molecule has 5 nitrogen and oxygen atoms in total. The Morgan fingerprint density at radius 2 is 1.70 bits per heavy atom. The SMILES string of the molecule is O=S(=O)(c1ccn(C2CC2)n1)N(PC1CC1)PC1CC1. The Hall–Kier alpha value is -0.0200. The Balaban J connectivity index is 1.56. The summed E-state index contributed by atoms with van der Waals surface area (Å²) in [7, 11) is -2.51. The van der Waals surface area contributed by atoms with Crippen LogP contribution in [0.1, 0.15) is 44.6 Å². The molecule has 3 aliphatic carbocycles. The first-order chi connectivity index (χ1) is 9.63. The molecular weight excluding hydrogens is 312 g/mol. The van der Waals surface area contributed by atoms with Gasteiger partial charge in [-0.2, -0.15) is 8.94 Å². The quantitative estimate of drug-likeness (QED) is 0.722. The average Bonchev–Trinajstić information content (AvgIpc) is 3.25. The van der Waals surface area contributed by atoms with Gasteiger partial charge in [-0.1, -0.05) is 0 Å². The monoisotopic (exact) mass is 331 g/mol. The van der Waals surface area contributed by atoms with Gasteiger partial charge in [0.15, 0.2) is 5.03 Å². The van der Waals surface area contributed by atoms with E-state index >= 15 is 0 Å². The van der Waals surface area contributed by atoms with E-state index in [0.717, 1.165) is 12.8 Å². The minimum atomic E-state index is -3.37. The summed E-state index contributed by atoms with van der Waals surface area (Å²) in [6, 6.07) is 2.11. The van der Waals surface area contributed by atoms with Crippen molar-refractivity contribution in [3.63, 3.8) is 0 Å². The maximum Gasteiger partial charge on any atom is 0.268 e.